The molecule has 1 N–H and O–H groups in total. The molecule has 0 aliphatic heterocycles. The zero-order valence-corrected chi connectivity index (χ0v) is 10.4. The minimum absolute atomic E-state index is 0.00386. The highest BCUT2D eigenvalue weighted by atomic mass is 19.1. The molecule has 0 aromatic heterocycles. The van der Waals surface area contributed by atoms with Crippen molar-refractivity contribution in [3.05, 3.63) is 35.6 Å². The van der Waals surface area contributed by atoms with Gasteiger partial charge in [-0.05, 0) is 18.2 Å². The van der Waals surface area contributed by atoms with Crippen LogP contribution in [0.1, 0.15) is 23.2 Å². The molecule has 0 bridgehead atoms. The standard InChI is InChI=1S/C13H14FNO4/c1-19-12(17)6-5-11(16)8-15-13(18)9-3-2-4-10(14)7-9/h2-4,7H,5-6,8H2,1H3,(H,15,18). The fraction of sp³-hybridized carbons (Fsp3) is 0.308. The fourth-order valence-electron chi connectivity index (χ4n) is 1.34. The number of esters is 1. The average Bonchev–Trinajstić information content (AvgIpc) is 2.41. The third-order valence-corrected chi connectivity index (χ3v) is 2.37. The molecule has 1 aromatic rings. The van der Waals surface area contributed by atoms with E-state index in [0.29, 0.717) is 0 Å². The van der Waals surface area contributed by atoms with Crippen LogP contribution in [0.25, 0.3) is 0 Å². The van der Waals surface area contributed by atoms with E-state index < -0.39 is 17.7 Å². The van der Waals surface area contributed by atoms with Crippen molar-refractivity contribution in [3.8, 4) is 0 Å². The van der Waals surface area contributed by atoms with Crippen LogP contribution in [-0.2, 0) is 14.3 Å². The molecular formula is C13H14FNO4. The van der Waals surface area contributed by atoms with Gasteiger partial charge in [0.25, 0.3) is 5.91 Å². The first-order valence-electron chi connectivity index (χ1n) is 5.65. The fourth-order valence-corrected chi connectivity index (χ4v) is 1.34. The summed E-state index contributed by atoms with van der Waals surface area (Å²) < 4.78 is 17.3. The average molecular weight is 267 g/mol. The molecule has 19 heavy (non-hydrogen) atoms. The third-order valence-electron chi connectivity index (χ3n) is 2.37. The van der Waals surface area contributed by atoms with Gasteiger partial charge in [-0.2, -0.15) is 0 Å². The van der Waals surface area contributed by atoms with Crippen molar-refractivity contribution in [3.63, 3.8) is 0 Å². The minimum atomic E-state index is -0.536. The highest BCUT2D eigenvalue weighted by molar-refractivity contribution is 5.97. The van der Waals surface area contributed by atoms with Crippen LogP contribution in [0.3, 0.4) is 0 Å². The van der Waals surface area contributed by atoms with E-state index in [1.165, 1.54) is 25.3 Å². The SMILES string of the molecule is COC(=O)CCC(=O)CNC(=O)c1cccc(F)c1. The maximum Gasteiger partial charge on any atom is 0.305 e. The van der Waals surface area contributed by atoms with Crippen LogP contribution in [0, 0.1) is 5.82 Å². The number of hydrogen-bond donors (Lipinski definition) is 1. The van der Waals surface area contributed by atoms with E-state index in [1.807, 2.05) is 0 Å². The van der Waals surface area contributed by atoms with Crippen LogP contribution in [-0.4, -0.2) is 31.3 Å². The highest BCUT2D eigenvalue weighted by Gasteiger charge is 2.10. The lowest BCUT2D eigenvalue weighted by Gasteiger charge is -2.04. The summed E-state index contributed by atoms with van der Waals surface area (Å²) in [7, 11) is 1.23. The molecular weight excluding hydrogens is 253 g/mol. The number of ketones is 1. The summed E-state index contributed by atoms with van der Waals surface area (Å²) in [5, 5.41) is 2.36. The van der Waals surface area contributed by atoms with E-state index >= 15 is 0 Å². The second-order valence-corrected chi connectivity index (χ2v) is 3.81. The molecule has 0 aliphatic carbocycles. The van der Waals surface area contributed by atoms with Crippen LogP contribution in [0.2, 0.25) is 0 Å². The Bertz CT molecular complexity index is 487. The van der Waals surface area contributed by atoms with E-state index in [2.05, 4.69) is 10.1 Å². The number of hydrogen-bond acceptors (Lipinski definition) is 4. The van der Waals surface area contributed by atoms with Gasteiger partial charge in [-0.25, -0.2) is 4.39 Å². The maximum absolute atomic E-state index is 12.9. The lowest BCUT2D eigenvalue weighted by Crippen LogP contribution is -2.29. The Labute approximate surface area is 109 Å². The monoisotopic (exact) mass is 267 g/mol. The van der Waals surface area contributed by atoms with Gasteiger partial charge in [0, 0.05) is 12.0 Å². The number of Topliss-reactive ketones (excluding diaryl/α,β-unsaturated/α-hetero) is 1. The predicted octanol–water partition coefficient (Wildman–Crippen LogP) is 1.08. The molecule has 1 rings (SSSR count). The summed E-state index contributed by atoms with van der Waals surface area (Å²) >= 11 is 0. The van der Waals surface area contributed by atoms with Crippen molar-refractivity contribution < 1.29 is 23.5 Å². The summed E-state index contributed by atoms with van der Waals surface area (Å²) in [6.07, 6.45) is -0.0265. The number of amides is 1. The quantitative estimate of drug-likeness (QED) is 0.783. The Morgan fingerprint density at radius 3 is 2.63 bits per heavy atom. The first kappa shape index (κ1) is 14.8. The summed E-state index contributed by atoms with van der Waals surface area (Å²) in [5.74, 6) is -1.84. The van der Waals surface area contributed by atoms with E-state index in [4.69, 9.17) is 0 Å². The van der Waals surface area contributed by atoms with Crippen LogP contribution >= 0.6 is 0 Å². The first-order chi connectivity index (χ1) is 9.02. The molecule has 0 unspecified atom stereocenters. The van der Waals surface area contributed by atoms with Crippen molar-refractivity contribution in [2.75, 3.05) is 13.7 Å². The van der Waals surface area contributed by atoms with Crippen molar-refractivity contribution in [1.29, 1.82) is 0 Å². The second kappa shape index (κ2) is 7.25. The number of halogens is 1. The normalized spacial score (nSPS) is 9.79. The Kier molecular flexibility index (Phi) is 5.66. The second-order valence-electron chi connectivity index (χ2n) is 3.81. The van der Waals surface area contributed by atoms with Gasteiger partial charge in [0.1, 0.15) is 5.82 Å². The third kappa shape index (κ3) is 5.29. The van der Waals surface area contributed by atoms with Gasteiger partial charge in [0.2, 0.25) is 0 Å². The number of carbonyl (C=O) groups is 3. The van der Waals surface area contributed by atoms with E-state index in [0.717, 1.165) is 6.07 Å². The van der Waals surface area contributed by atoms with Crippen molar-refractivity contribution in [2.45, 2.75) is 12.8 Å². The van der Waals surface area contributed by atoms with Crippen molar-refractivity contribution in [1.82, 2.24) is 5.32 Å². The molecule has 5 nitrogen and oxygen atoms in total. The summed E-state index contributed by atoms with van der Waals surface area (Å²) in [6.45, 7) is -0.202. The smallest absolute Gasteiger partial charge is 0.305 e. The molecule has 0 fully saturated rings. The lowest BCUT2D eigenvalue weighted by molar-refractivity contribution is -0.141. The number of nitrogens with one attached hydrogen (secondary N) is 1. The largest absolute Gasteiger partial charge is 0.469 e. The molecule has 0 heterocycles. The summed E-state index contributed by atoms with van der Waals surface area (Å²) in [6, 6.07) is 5.15. The molecule has 0 aliphatic rings. The molecule has 6 heteroatoms. The topological polar surface area (TPSA) is 72.5 Å². The molecule has 0 saturated heterocycles. The molecule has 0 atom stereocenters. The van der Waals surface area contributed by atoms with Crippen LogP contribution < -0.4 is 5.32 Å². The first-order valence-corrected chi connectivity index (χ1v) is 5.65. The van der Waals surface area contributed by atoms with E-state index in [9.17, 15) is 18.8 Å². The molecule has 0 spiro atoms. The Morgan fingerprint density at radius 2 is 2.00 bits per heavy atom. The Balaban J connectivity index is 2.38. The predicted molar refractivity (Wildman–Crippen MR) is 65.0 cm³/mol. The number of rotatable bonds is 6. The highest BCUT2D eigenvalue weighted by Crippen LogP contribution is 2.03. The molecule has 1 amide bonds. The maximum atomic E-state index is 12.9. The molecule has 1 aromatic carbocycles. The van der Waals surface area contributed by atoms with Gasteiger partial charge < -0.3 is 10.1 Å². The van der Waals surface area contributed by atoms with Gasteiger partial charge in [-0.15, -0.1) is 0 Å². The lowest BCUT2D eigenvalue weighted by atomic mass is 10.2. The van der Waals surface area contributed by atoms with Crippen LogP contribution in [0.15, 0.2) is 24.3 Å². The Morgan fingerprint density at radius 1 is 1.26 bits per heavy atom. The van der Waals surface area contributed by atoms with Crippen LogP contribution in [0.5, 0.6) is 0 Å². The van der Waals surface area contributed by atoms with Crippen molar-refractivity contribution in [2.24, 2.45) is 0 Å². The van der Waals surface area contributed by atoms with Gasteiger partial charge >= 0.3 is 5.97 Å². The van der Waals surface area contributed by atoms with E-state index in [-0.39, 0.29) is 30.7 Å². The van der Waals surface area contributed by atoms with Gasteiger partial charge in [0.05, 0.1) is 20.1 Å². The zero-order chi connectivity index (χ0) is 14.3. The van der Waals surface area contributed by atoms with Crippen molar-refractivity contribution >= 4 is 17.7 Å². The summed E-state index contributed by atoms with van der Waals surface area (Å²) in [5.41, 5.74) is 0.140. The Hall–Kier alpha value is -2.24. The number of carbonyl (C=O) groups excluding carboxylic acids is 3. The zero-order valence-electron chi connectivity index (χ0n) is 10.4. The number of ether oxygens (including phenoxy) is 1. The molecule has 0 radical (unpaired) electrons. The minimum Gasteiger partial charge on any atom is -0.469 e. The number of benzene rings is 1. The van der Waals surface area contributed by atoms with Gasteiger partial charge in [-0.1, -0.05) is 6.07 Å². The summed E-state index contributed by atoms with van der Waals surface area (Å²) in [4.78, 5) is 33.8. The molecule has 0 saturated carbocycles. The number of methoxy groups -OCH3 is 1. The van der Waals surface area contributed by atoms with E-state index in [1.54, 1.807) is 0 Å². The van der Waals surface area contributed by atoms with Crippen LogP contribution in [0.4, 0.5) is 4.39 Å². The van der Waals surface area contributed by atoms with Gasteiger partial charge in [0.15, 0.2) is 5.78 Å². The molecule has 102 valence electrons. The van der Waals surface area contributed by atoms with Gasteiger partial charge in [-0.3, -0.25) is 14.4 Å².